The minimum Gasteiger partial charge on any atom is -0.370 e. The third-order valence-corrected chi connectivity index (χ3v) is 4.25. The van der Waals surface area contributed by atoms with Crippen molar-refractivity contribution in [2.75, 3.05) is 13.1 Å². The summed E-state index contributed by atoms with van der Waals surface area (Å²) in [7, 11) is 0. The number of rotatable bonds is 10. The molecule has 0 spiro atoms. The zero-order valence-corrected chi connectivity index (χ0v) is 15.9. The van der Waals surface area contributed by atoms with E-state index in [-0.39, 0.29) is 29.5 Å². The average Bonchev–Trinajstić information content (AvgIpc) is 2.58. The van der Waals surface area contributed by atoms with Crippen LogP contribution in [0.5, 0.6) is 0 Å². The fourth-order valence-electron chi connectivity index (χ4n) is 2.73. The number of carbonyl (C=O) groups excluding carboxylic acids is 4. The lowest BCUT2D eigenvalue weighted by Crippen LogP contribution is -2.38. The molecular weight excluding hydrogens is 336 g/mol. The number of hydrogen-bond acceptors (Lipinski definition) is 4. The van der Waals surface area contributed by atoms with Gasteiger partial charge in [0.1, 0.15) is 0 Å². The normalized spacial score (nSPS) is 14.7. The van der Waals surface area contributed by atoms with Crippen molar-refractivity contribution < 1.29 is 19.2 Å². The van der Waals surface area contributed by atoms with E-state index < -0.39 is 0 Å². The number of hydrogen-bond donors (Lipinski definition) is 3. The zero-order valence-electron chi connectivity index (χ0n) is 15.9. The average molecular weight is 370 g/mol. The molecule has 1 fully saturated rings. The summed E-state index contributed by atoms with van der Waals surface area (Å²) < 4.78 is 0. The number of unbranched alkanes of at least 4 members (excludes halogenated alkanes) is 1. The van der Waals surface area contributed by atoms with Crippen LogP contribution in [0.2, 0.25) is 0 Å². The van der Waals surface area contributed by atoms with Crippen LogP contribution in [0.3, 0.4) is 0 Å². The maximum atomic E-state index is 12.0. The van der Waals surface area contributed by atoms with Crippen LogP contribution in [0.4, 0.5) is 0 Å². The van der Waals surface area contributed by atoms with Gasteiger partial charge in [0.2, 0.25) is 23.6 Å². The molecule has 1 atom stereocenters. The Balaban J connectivity index is 0.000000541. The monoisotopic (exact) mass is 370 g/mol. The van der Waals surface area contributed by atoms with Gasteiger partial charge in [-0.25, -0.2) is 0 Å². The Bertz CT molecular complexity index is 446. The van der Waals surface area contributed by atoms with Gasteiger partial charge in [0.05, 0.1) is 0 Å². The minimum atomic E-state index is -0.329. The van der Waals surface area contributed by atoms with Crippen LogP contribution in [0.1, 0.15) is 71.1 Å². The van der Waals surface area contributed by atoms with Gasteiger partial charge in [-0.3, -0.25) is 19.2 Å². The van der Waals surface area contributed by atoms with Crippen LogP contribution in [-0.2, 0) is 19.2 Å². The standard InChI is InChI=1S/C12H22N2O2.C6H12N2O2/c1-10(6-5-7-11(13)15)12(16)14-8-3-2-4-9-14;7-5(9)3-1-2-4-6(8)10/h10H,2-9H2,1H3,(H2,13,15);1-4H2,(H2,7,9)(H2,8,10). The van der Waals surface area contributed by atoms with E-state index in [1.165, 1.54) is 6.42 Å². The van der Waals surface area contributed by atoms with Crippen LogP contribution in [0.25, 0.3) is 0 Å². The highest BCUT2D eigenvalue weighted by Gasteiger charge is 2.21. The maximum absolute atomic E-state index is 12.0. The second kappa shape index (κ2) is 14.1. The molecule has 1 unspecified atom stereocenters. The molecule has 0 aromatic heterocycles. The van der Waals surface area contributed by atoms with Gasteiger partial charge in [0.25, 0.3) is 0 Å². The summed E-state index contributed by atoms with van der Waals surface area (Å²) in [6, 6.07) is 0. The van der Waals surface area contributed by atoms with Gasteiger partial charge in [-0.05, 0) is 44.9 Å². The first-order valence-corrected chi connectivity index (χ1v) is 9.37. The Kier molecular flexibility index (Phi) is 12.9. The van der Waals surface area contributed by atoms with Crippen LogP contribution in [-0.4, -0.2) is 41.6 Å². The van der Waals surface area contributed by atoms with Crippen LogP contribution in [0, 0.1) is 5.92 Å². The van der Waals surface area contributed by atoms with Crippen molar-refractivity contribution in [1.82, 2.24) is 4.90 Å². The fraction of sp³-hybridized carbons (Fsp3) is 0.778. The number of nitrogens with zero attached hydrogens (tertiary/aromatic N) is 1. The van der Waals surface area contributed by atoms with Gasteiger partial charge in [-0.1, -0.05) is 6.92 Å². The van der Waals surface area contributed by atoms with E-state index in [0.717, 1.165) is 38.8 Å². The topological polar surface area (TPSA) is 150 Å². The van der Waals surface area contributed by atoms with Crippen molar-refractivity contribution in [3.05, 3.63) is 0 Å². The number of primary amides is 3. The zero-order chi connectivity index (χ0) is 19.9. The van der Waals surface area contributed by atoms with E-state index in [0.29, 0.717) is 32.1 Å². The smallest absolute Gasteiger partial charge is 0.225 e. The van der Waals surface area contributed by atoms with E-state index in [1.54, 1.807) is 0 Å². The van der Waals surface area contributed by atoms with Crippen LogP contribution < -0.4 is 17.2 Å². The summed E-state index contributed by atoms with van der Waals surface area (Å²) in [6.45, 7) is 3.75. The fourth-order valence-corrected chi connectivity index (χ4v) is 2.73. The van der Waals surface area contributed by atoms with Gasteiger partial charge in [0, 0.05) is 38.3 Å². The van der Waals surface area contributed by atoms with Crippen molar-refractivity contribution in [3.63, 3.8) is 0 Å². The summed E-state index contributed by atoms with van der Waals surface area (Å²) in [4.78, 5) is 44.8. The Morgan fingerprint density at radius 1 is 0.769 bits per heavy atom. The highest BCUT2D eigenvalue weighted by molar-refractivity contribution is 5.78. The Morgan fingerprint density at radius 2 is 1.19 bits per heavy atom. The number of amides is 4. The molecule has 1 rings (SSSR count). The molecule has 1 saturated heterocycles. The predicted octanol–water partition coefficient (Wildman–Crippen LogP) is 0.808. The van der Waals surface area contributed by atoms with E-state index in [4.69, 9.17) is 17.2 Å². The summed E-state index contributed by atoms with van der Waals surface area (Å²) >= 11 is 0. The third kappa shape index (κ3) is 13.2. The van der Waals surface area contributed by atoms with Gasteiger partial charge < -0.3 is 22.1 Å². The molecule has 26 heavy (non-hydrogen) atoms. The van der Waals surface area contributed by atoms with Crippen molar-refractivity contribution in [2.24, 2.45) is 23.1 Å². The summed E-state index contributed by atoms with van der Waals surface area (Å²) in [5, 5.41) is 0. The van der Waals surface area contributed by atoms with Gasteiger partial charge in [0.15, 0.2) is 0 Å². The highest BCUT2D eigenvalue weighted by Crippen LogP contribution is 2.16. The van der Waals surface area contributed by atoms with Crippen molar-refractivity contribution in [3.8, 4) is 0 Å². The molecule has 0 aromatic rings. The molecule has 0 aliphatic carbocycles. The predicted molar refractivity (Wildman–Crippen MR) is 99.5 cm³/mol. The summed E-state index contributed by atoms with van der Waals surface area (Å²) in [6.07, 6.45) is 7.34. The SMILES string of the molecule is CC(CCCC(N)=O)C(=O)N1CCCCC1.NC(=O)CCCCC(N)=O. The number of piperidine rings is 1. The molecule has 6 N–H and O–H groups in total. The highest BCUT2D eigenvalue weighted by atomic mass is 16.2. The first kappa shape index (κ1) is 23.9. The number of likely N-dealkylation sites (tertiary alicyclic amines) is 1. The Morgan fingerprint density at radius 3 is 1.62 bits per heavy atom. The Labute approximate surface area is 155 Å². The molecule has 1 aliphatic heterocycles. The van der Waals surface area contributed by atoms with E-state index in [2.05, 4.69) is 0 Å². The molecule has 0 saturated carbocycles. The molecule has 0 aromatic carbocycles. The van der Waals surface area contributed by atoms with Gasteiger partial charge in [-0.15, -0.1) is 0 Å². The van der Waals surface area contributed by atoms with E-state index in [1.807, 2.05) is 11.8 Å². The molecular formula is C18H34N4O4. The molecule has 0 radical (unpaired) electrons. The summed E-state index contributed by atoms with van der Waals surface area (Å²) in [5.41, 5.74) is 14.8. The van der Waals surface area contributed by atoms with Crippen molar-refractivity contribution in [1.29, 1.82) is 0 Å². The molecule has 1 aliphatic rings. The van der Waals surface area contributed by atoms with Gasteiger partial charge in [-0.2, -0.15) is 0 Å². The molecule has 8 nitrogen and oxygen atoms in total. The third-order valence-electron chi connectivity index (χ3n) is 4.25. The van der Waals surface area contributed by atoms with E-state index >= 15 is 0 Å². The number of nitrogens with two attached hydrogens (primary N) is 3. The van der Waals surface area contributed by atoms with Crippen molar-refractivity contribution in [2.45, 2.75) is 71.1 Å². The second-order valence-corrected chi connectivity index (χ2v) is 6.79. The lowest BCUT2D eigenvalue weighted by molar-refractivity contribution is -0.136. The largest absolute Gasteiger partial charge is 0.370 e. The van der Waals surface area contributed by atoms with Crippen LogP contribution in [0.15, 0.2) is 0 Å². The molecule has 1 heterocycles. The summed E-state index contributed by atoms with van der Waals surface area (Å²) in [5.74, 6) is -0.673. The second-order valence-electron chi connectivity index (χ2n) is 6.79. The molecule has 150 valence electrons. The molecule has 8 heteroatoms. The minimum absolute atomic E-state index is 0.0254. The quantitative estimate of drug-likeness (QED) is 0.487. The molecule has 4 amide bonds. The molecule has 0 bridgehead atoms. The first-order valence-electron chi connectivity index (χ1n) is 9.37. The van der Waals surface area contributed by atoms with Crippen molar-refractivity contribution >= 4 is 23.6 Å². The van der Waals surface area contributed by atoms with E-state index in [9.17, 15) is 19.2 Å². The van der Waals surface area contributed by atoms with Gasteiger partial charge >= 0.3 is 0 Å². The lowest BCUT2D eigenvalue weighted by atomic mass is 10.0. The van der Waals surface area contributed by atoms with Crippen LogP contribution >= 0.6 is 0 Å². The number of carbonyl (C=O) groups is 4. The first-order chi connectivity index (χ1) is 12.2. The maximum Gasteiger partial charge on any atom is 0.225 e. The lowest BCUT2D eigenvalue weighted by Gasteiger charge is -2.29. The Hall–Kier alpha value is -2.12.